The summed E-state index contributed by atoms with van der Waals surface area (Å²) in [5.74, 6) is 0.665. The van der Waals surface area contributed by atoms with Crippen LogP contribution in [0.4, 0.5) is 0 Å². The van der Waals surface area contributed by atoms with E-state index in [2.05, 4.69) is 15.6 Å². The molecule has 6 heteroatoms. The van der Waals surface area contributed by atoms with Gasteiger partial charge in [-0.3, -0.25) is 4.79 Å². The van der Waals surface area contributed by atoms with Crippen molar-refractivity contribution in [1.29, 1.82) is 0 Å². The van der Waals surface area contributed by atoms with Gasteiger partial charge in [-0.05, 0) is 37.4 Å². The maximum Gasteiger partial charge on any atom is 0.228 e. The maximum absolute atomic E-state index is 12.8. The number of imidazole rings is 1. The highest BCUT2D eigenvalue weighted by molar-refractivity contribution is 6.30. The first-order chi connectivity index (χ1) is 11.2. The second-order valence-corrected chi connectivity index (χ2v) is 7.19. The average molecular weight is 333 g/mol. The molecule has 3 heterocycles. The topological polar surface area (TPSA) is 58.4 Å². The second-order valence-electron chi connectivity index (χ2n) is 6.76. The highest BCUT2D eigenvalue weighted by Crippen LogP contribution is 2.43. The van der Waals surface area contributed by atoms with Gasteiger partial charge < -0.3 is 15.0 Å². The molecule has 2 aromatic rings. The van der Waals surface area contributed by atoms with Crippen LogP contribution in [0.3, 0.4) is 0 Å². The molecule has 0 unspecified atom stereocenters. The first-order valence-electron chi connectivity index (χ1n) is 8.29. The Labute approximate surface area is 140 Å². The lowest BCUT2D eigenvalue weighted by Crippen LogP contribution is -2.47. The van der Waals surface area contributed by atoms with Gasteiger partial charge in [0.15, 0.2) is 0 Å². The van der Waals surface area contributed by atoms with Crippen LogP contribution in [-0.4, -0.2) is 28.4 Å². The van der Waals surface area contributed by atoms with Gasteiger partial charge in [-0.1, -0.05) is 24.4 Å². The summed E-state index contributed by atoms with van der Waals surface area (Å²) in [5.41, 5.74) is 1.49. The molecule has 0 aromatic carbocycles. The third-order valence-corrected chi connectivity index (χ3v) is 5.61. The molecular weight excluding hydrogens is 312 g/mol. The van der Waals surface area contributed by atoms with Crippen LogP contribution in [0.1, 0.15) is 31.4 Å². The van der Waals surface area contributed by atoms with Gasteiger partial charge in [0, 0.05) is 18.9 Å². The zero-order valence-electron chi connectivity index (χ0n) is 13.0. The van der Waals surface area contributed by atoms with E-state index in [-0.39, 0.29) is 11.3 Å². The summed E-state index contributed by atoms with van der Waals surface area (Å²) < 4.78 is 1.89. The molecule has 0 bridgehead atoms. The number of fused-ring (bicyclic) bond motifs is 2. The number of nitrogens with zero attached hydrogens (tertiary/aromatic N) is 2. The van der Waals surface area contributed by atoms with Crippen molar-refractivity contribution in [3.8, 4) is 0 Å². The monoisotopic (exact) mass is 332 g/mol. The maximum atomic E-state index is 12.8. The van der Waals surface area contributed by atoms with E-state index in [0.29, 0.717) is 17.5 Å². The highest BCUT2D eigenvalue weighted by atomic mass is 35.5. The molecule has 2 fully saturated rings. The Hall–Kier alpha value is -1.59. The van der Waals surface area contributed by atoms with E-state index in [1.165, 1.54) is 6.42 Å². The summed E-state index contributed by atoms with van der Waals surface area (Å²) in [7, 11) is 0. The van der Waals surface area contributed by atoms with Crippen LogP contribution in [0.2, 0.25) is 5.02 Å². The first kappa shape index (κ1) is 15.0. The molecule has 2 atom stereocenters. The first-order valence-corrected chi connectivity index (χ1v) is 8.67. The zero-order chi connectivity index (χ0) is 15.9. The summed E-state index contributed by atoms with van der Waals surface area (Å²) in [6.07, 6.45) is 8.30. The highest BCUT2D eigenvalue weighted by Gasteiger charge is 2.49. The van der Waals surface area contributed by atoms with E-state index in [1.54, 1.807) is 0 Å². The van der Waals surface area contributed by atoms with E-state index >= 15 is 0 Å². The third kappa shape index (κ3) is 2.62. The normalized spacial score (nSPS) is 27.1. The standard InChI is InChI=1S/C17H21ClN4O/c18-13-4-5-15-21-14(10-22(15)9-13)8-20-16(23)17-6-2-1-3-12(17)7-19-11-17/h4-5,9-10,12,19H,1-3,6-8,11H2,(H,20,23)/t12-,17+/m0/s1. The molecule has 2 aromatic heterocycles. The number of rotatable bonds is 3. The molecule has 5 nitrogen and oxygen atoms in total. The van der Waals surface area contributed by atoms with E-state index in [0.717, 1.165) is 43.7 Å². The molecular formula is C17H21ClN4O. The van der Waals surface area contributed by atoms with Crippen molar-refractivity contribution in [3.63, 3.8) is 0 Å². The number of pyridine rings is 1. The molecule has 122 valence electrons. The van der Waals surface area contributed by atoms with Gasteiger partial charge in [-0.15, -0.1) is 0 Å². The minimum Gasteiger partial charge on any atom is -0.350 e. The second kappa shape index (κ2) is 5.80. The Morgan fingerprint density at radius 2 is 2.35 bits per heavy atom. The molecule has 0 spiro atoms. The Balaban J connectivity index is 1.48. The Bertz CT molecular complexity index is 743. The number of amides is 1. The summed E-state index contributed by atoms with van der Waals surface area (Å²) in [6, 6.07) is 3.70. The molecule has 1 aliphatic carbocycles. The number of carbonyl (C=O) groups is 1. The minimum absolute atomic E-state index is 0.183. The van der Waals surface area contributed by atoms with E-state index in [4.69, 9.17) is 11.6 Å². The SMILES string of the molecule is O=C(NCc1cn2cc(Cl)ccc2n1)[C@@]12CCCC[C@H]1CNC2. The van der Waals surface area contributed by atoms with Gasteiger partial charge in [-0.2, -0.15) is 0 Å². The van der Waals surface area contributed by atoms with Gasteiger partial charge in [0.2, 0.25) is 5.91 Å². The smallest absolute Gasteiger partial charge is 0.228 e. The van der Waals surface area contributed by atoms with Crippen LogP contribution in [0.15, 0.2) is 24.5 Å². The fourth-order valence-electron chi connectivity index (χ4n) is 4.14. The molecule has 2 aliphatic rings. The Morgan fingerprint density at radius 3 is 3.26 bits per heavy atom. The predicted molar refractivity (Wildman–Crippen MR) is 89.3 cm³/mol. The van der Waals surface area contributed by atoms with E-state index < -0.39 is 0 Å². The van der Waals surface area contributed by atoms with Gasteiger partial charge in [0.1, 0.15) is 5.65 Å². The van der Waals surface area contributed by atoms with Crippen LogP contribution < -0.4 is 10.6 Å². The minimum atomic E-state index is -0.208. The lowest BCUT2D eigenvalue weighted by atomic mass is 9.67. The summed E-state index contributed by atoms with van der Waals surface area (Å²) in [4.78, 5) is 17.4. The van der Waals surface area contributed by atoms with Crippen molar-refractivity contribution < 1.29 is 4.79 Å². The van der Waals surface area contributed by atoms with Crippen LogP contribution in [0, 0.1) is 11.3 Å². The zero-order valence-corrected chi connectivity index (χ0v) is 13.8. The fourth-order valence-corrected chi connectivity index (χ4v) is 4.31. The van der Waals surface area contributed by atoms with Crippen LogP contribution in [-0.2, 0) is 11.3 Å². The van der Waals surface area contributed by atoms with Gasteiger partial charge in [0.25, 0.3) is 0 Å². The average Bonchev–Trinajstić information content (AvgIpc) is 3.16. The molecule has 1 amide bonds. The largest absolute Gasteiger partial charge is 0.350 e. The number of hydrogen-bond acceptors (Lipinski definition) is 3. The molecule has 1 saturated carbocycles. The summed E-state index contributed by atoms with van der Waals surface area (Å²) in [5, 5.41) is 7.21. The Morgan fingerprint density at radius 1 is 1.43 bits per heavy atom. The van der Waals surface area contributed by atoms with Gasteiger partial charge in [0.05, 0.1) is 22.7 Å². The fraction of sp³-hybridized carbons (Fsp3) is 0.529. The van der Waals surface area contributed by atoms with Crippen molar-refractivity contribution in [3.05, 3.63) is 35.2 Å². The number of aromatic nitrogens is 2. The third-order valence-electron chi connectivity index (χ3n) is 5.39. The number of halogens is 1. The van der Waals surface area contributed by atoms with Crippen LogP contribution in [0.25, 0.3) is 5.65 Å². The van der Waals surface area contributed by atoms with Crippen molar-refractivity contribution in [1.82, 2.24) is 20.0 Å². The molecule has 2 N–H and O–H groups in total. The van der Waals surface area contributed by atoms with E-state index in [9.17, 15) is 4.79 Å². The van der Waals surface area contributed by atoms with Crippen molar-refractivity contribution in [2.24, 2.45) is 11.3 Å². The molecule has 1 aliphatic heterocycles. The van der Waals surface area contributed by atoms with Crippen molar-refractivity contribution in [2.45, 2.75) is 32.2 Å². The van der Waals surface area contributed by atoms with Crippen LogP contribution in [0.5, 0.6) is 0 Å². The van der Waals surface area contributed by atoms with Crippen LogP contribution >= 0.6 is 11.6 Å². The van der Waals surface area contributed by atoms with Crippen molar-refractivity contribution >= 4 is 23.2 Å². The van der Waals surface area contributed by atoms with Gasteiger partial charge >= 0.3 is 0 Å². The summed E-state index contributed by atoms with van der Waals surface area (Å²) >= 11 is 5.99. The lowest BCUT2D eigenvalue weighted by molar-refractivity contribution is -0.134. The number of nitrogens with one attached hydrogen (secondary N) is 2. The lowest BCUT2D eigenvalue weighted by Gasteiger charge is -2.37. The molecule has 4 rings (SSSR count). The molecule has 23 heavy (non-hydrogen) atoms. The summed E-state index contributed by atoms with van der Waals surface area (Å²) in [6.45, 7) is 2.25. The van der Waals surface area contributed by atoms with Crippen molar-refractivity contribution in [2.75, 3.05) is 13.1 Å². The Kier molecular flexibility index (Phi) is 3.77. The number of hydrogen-bond donors (Lipinski definition) is 2. The van der Waals surface area contributed by atoms with E-state index in [1.807, 2.05) is 28.9 Å². The molecule has 0 radical (unpaired) electrons. The quantitative estimate of drug-likeness (QED) is 0.907. The molecule has 1 saturated heterocycles. The van der Waals surface area contributed by atoms with Gasteiger partial charge in [-0.25, -0.2) is 4.98 Å². The number of carbonyl (C=O) groups excluding carboxylic acids is 1. The predicted octanol–water partition coefficient (Wildman–Crippen LogP) is 2.38.